The molecule has 0 aromatic heterocycles. The van der Waals surface area contributed by atoms with E-state index in [9.17, 15) is 15.2 Å². The van der Waals surface area contributed by atoms with Crippen LogP contribution in [0.25, 0.3) is 6.08 Å². The maximum absolute atomic E-state index is 10.4. The first-order valence-corrected chi connectivity index (χ1v) is 8.15. The Bertz CT molecular complexity index is 743. The maximum Gasteiger partial charge on any atom is 0.273 e. The summed E-state index contributed by atoms with van der Waals surface area (Å²) in [5, 5.41) is 19.8. The number of phenolic OH excluding ortho intramolecular Hbond substituents is 1. The molecule has 4 nitrogen and oxygen atoms in total. The number of nitro benzene ring substituents is 1. The Hall–Kier alpha value is -3.06. The van der Waals surface area contributed by atoms with Gasteiger partial charge in [0.2, 0.25) is 0 Å². The molecule has 132 valence electrons. The molecule has 0 aliphatic rings. The summed E-state index contributed by atoms with van der Waals surface area (Å²) in [4.78, 5) is 9.82. The summed E-state index contributed by atoms with van der Waals surface area (Å²) in [7, 11) is 0. The standard InChI is InChI=1S/C10H11NO3.C9H8.C2H6/c1-2-3-4-8-5-6-9(11(13)14)7-10(8)12;1-3-9-6-4-5-8(2)7-9;1-2/h3-7,12H,2H2,1H3;1,4-7H,2H3;1-2H3/b4-3-;;. The molecule has 0 aliphatic heterocycles. The highest BCUT2D eigenvalue weighted by molar-refractivity contribution is 5.59. The Morgan fingerprint density at radius 3 is 2.36 bits per heavy atom. The van der Waals surface area contributed by atoms with Crippen LogP contribution in [0.5, 0.6) is 5.75 Å². The van der Waals surface area contributed by atoms with Gasteiger partial charge in [-0.25, -0.2) is 0 Å². The number of non-ortho nitro benzene ring substituents is 1. The first kappa shape index (κ1) is 21.9. The van der Waals surface area contributed by atoms with Gasteiger partial charge in [-0.3, -0.25) is 10.1 Å². The van der Waals surface area contributed by atoms with Crippen molar-refractivity contribution in [2.45, 2.75) is 34.1 Å². The minimum Gasteiger partial charge on any atom is -0.507 e. The number of nitrogens with zero attached hydrogens (tertiary/aromatic N) is 1. The molecular weight excluding hydrogens is 314 g/mol. The number of hydrogen-bond donors (Lipinski definition) is 1. The predicted octanol–water partition coefficient (Wildman–Crippen LogP) is 5.73. The van der Waals surface area contributed by atoms with E-state index in [1.807, 2.05) is 58.0 Å². The zero-order chi connectivity index (χ0) is 19.2. The second-order valence-electron chi connectivity index (χ2n) is 4.82. The van der Waals surface area contributed by atoms with Crippen molar-refractivity contribution in [3.05, 3.63) is 75.3 Å². The van der Waals surface area contributed by atoms with Crippen LogP contribution in [-0.4, -0.2) is 10.0 Å². The zero-order valence-electron chi connectivity index (χ0n) is 15.2. The van der Waals surface area contributed by atoms with Gasteiger partial charge in [-0.15, -0.1) is 6.42 Å². The monoisotopic (exact) mass is 339 g/mol. The molecule has 1 N–H and O–H groups in total. The summed E-state index contributed by atoms with van der Waals surface area (Å²) in [6.07, 6.45) is 9.64. The number of aryl methyl sites for hydroxylation is 1. The van der Waals surface area contributed by atoms with E-state index in [1.54, 1.807) is 6.08 Å². The predicted molar refractivity (Wildman–Crippen MR) is 105 cm³/mol. The number of hydrogen-bond acceptors (Lipinski definition) is 3. The summed E-state index contributed by atoms with van der Waals surface area (Å²) < 4.78 is 0. The topological polar surface area (TPSA) is 63.4 Å². The Balaban J connectivity index is 0.000000451. The maximum atomic E-state index is 10.4. The van der Waals surface area contributed by atoms with E-state index in [0.717, 1.165) is 18.1 Å². The van der Waals surface area contributed by atoms with Crippen molar-refractivity contribution >= 4 is 11.8 Å². The van der Waals surface area contributed by atoms with Crippen molar-refractivity contribution in [1.29, 1.82) is 0 Å². The second-order valence-corrected chi connectivity index (χ2v) is 4.82. The molecule has 2 aromatic carbocycles. The van der Waals surface area contributed by atoms with Crippen molar-refractivity contribution in [3.8, 4) is 18.1 Å². The third kappa shape index (κ3) is 8.38. The van der Waals surface area contributed by atoms with E-state index >= 15 is 0 Å². The van der Waals surface area contributed by atoms with Gasteiger partial charge >= 0.3 is 0 Å². The lowest BCUT2D eigenvalue weighted by atomic mass is 10.1. The van der Waals surface area contributed by atoms with E-state index in [-0.39, 0.29) is 11.4 Å². The second kappa shape index (κ2) is 12.4. The number of benzene rings is 2. The molecule has 0 saturated carbocycles. The molecule has 0 bridgehead atoms. The van der Waals surface area contributed by atoms with Crippen molar-refractivity contribution in [3.63, 3.8) is 0 Å². The summed E-state index contributed by atoms with van der Waals surface area (Å²) >= 11 is 0. The third-order valence-electron chi connectivity index (χ3n) is 2.94. The highest BCUT2D eigenvalue weighted by Gasteiger charge is 2.07. The van der Waals surface area contributed by atoms with Gasteiger partial charge in [0.1, 0.15) is 5.75 Å². The smallest absolute Gasteiger partial charge is 0.273 e. The fraction of sp³-hybridized carbons (Fsp3) is 0.238. The van der Waals surface area contributed by atoms with Gasteiger partial charge < -0.3 is 5.11 Å². The van der Waals surface area contributed by atoms with Crippen molar-refractivity contribution in [2.24, 2.45) is 0 Å². The molecule has 0 radical (unpaired) electrons. The highest BCUT2D eigenvalue weighted by atomic mass is 16.6. The quantitative estimate of drug-likeness (QED) is 0.441. The Kier molecular flexibility index (Phi) is 10.9. The van der Waals surface area contributed by atoms with Crippen molar-refractivity contribution in [1.82, 2.24) is 0 Å². The minimum absolute atomic E-state index is 0.0658. The number of terminal acetylenes is 1. The molecule has 0 saturated heterocycles. The number of allylic oxidation sites excluding steroid dienone is 1. The molecule has 0 amide bonds. The lowest BCUT2D eigenvalue weighted by Crippen LogP contribution is -1.87. The number of rotatable bonds is 3. The van der Waals surface area contributed by atoms with Crippen molar-refractivity contribution < 1.29 is 10.0 Å². The van der Waals surface area contributed by atoms with Gasteiger partial charge in [-0.1, -0.05) is 51.0 Å². The molecular formula is C21H25NO3. The molecule has 0 unspecified atom stereocenters. The Labute approximate surface area is 150 Å². The zero-order valence-corrected chi connectivity index (χ0v) is 15.2. The van der Waals surface area contributed by atoms with Gasteiger partial charge in [0.15, 0.2) is 0 Å². The summed E-state index contributed by atoms with van der Waals surface area (Å²) in [6.45, 7) is 8.00. The first-order valence-electron chi connectivity index (χ1n) is 8.15. The normalized spacial score (nSPS) is 9.24. The van der Waals surface area contributed by atoms with Gasteiger partial charge in [-0.2, -0.15) is 0 Å². The van der Waals surface area contributed by atoms with Crippen LogP contribution < -0.4 is 0 Å². The van der Waals surface area contributed by atoms with Gasteiger partial charge in [0.25, 0.3) is 5.69 Å². The molecule has 2 aromatic rings. The summed E-state index contributed by atoms with van der Waals surface area (Å²) in [5.74, 6) is 2.50. The van der Waals surface area contributed by atoms with Crippen LogP contribution in [0.15, 0.2) is 48.5 Å². The van der Waals surface area contributed by atoms with Crippen LogP contribution in [0.4, 0.5) is 5.69 Å². The fourth-order valence-electron chi connectivity index (χ4n) is 1.77. The highest BCUT2D eigenvalue weighted by Crippen LogP contribution is 2.24. The van der Waals surface area contributed by atoms with Crippen LogP contribution in [0.3, 0.4) is 0 Å². The SMILES string of the molecule is C#Cc1cccc(C)c1.CC.CC/C=C\c1ccc([N+](=O)[O-])cc1O. The van der Waals surface area contributed by atoms with Crippen molar-refractivity contribution in [2.75, 3.05) is 0 Å². The molecule has 0 fully saturated rings. The lowest BCUT2D eigenvalue weighted by molar-refractivity contribution is -0.384. The lowest BCUT2D eigenvalue weighted by Gasteiger charge is -1.98. The number of aromatic hydroxyl groups is 1. The Morgan fingerprint density at radius 2 is 1.92 bits per heavy atom. The molecule has 0 atom stereocenters. The molecule has 4 heteroatoms. The van der Waals surface area contributed by atoms with Gasteiger partial charge in [0.05, 0.1) is 11.0 Å². The number of phenols is 1. The van der Waals surface area contributed by atoms with E-state index in [1.165, 1.54) is 17.7 Å². The molecule has 0 heterocycles. The van der Waals surface area contributed by atoms with E-state index in [2.05, 4.69) is 5.92 Å². The van der Waals surface area contributed by atoms with Crippen LogP contribution >= 0.6 is 0 Å². The van der Waals surface area contributed by atoms with E-state index in [4.69, 9.17) is 6.42 Å². The average molecular weight is 339 g/mol. The van der Waals surface area contributed by atoms with Crippen LogP contribution in [0.2, 0.25) is 0 Å². The minimum atomic E-state index is -0.535. The van der Waals surface area contributed by atoms with Crippen LogP contribution in [0, 0.1) is 29.4 Å². The summed E-state index contributed by atoms with van der Waals surface area (Å²) in [5.41, 5.74) is 2.66. The van der Waals surface area contributed by atoms with Crippen LogP contribution in [-0.2, 0) is 0 Å². The average Bonchev–Trinajstić information content (AvgIpc) is 2.62. The molecule has 2 rings (SSSR count). The molecule has 25 heavy (non-hydrogen) atoms. The summed E-state index contributed by atoms with van der Waals surface area (Å²) in [6, 6.07) is 11.9. The first-order chi connectivity index (χ1) is 12.0. The van der Waals surface area contributed by atoms with E-state index < -0.39 is 4.92 Å². The van der Waals surface area contributed by atoms with E-state index in [0.29, 0.717) is 5.56 Å². The van der Waals surface area contributed by atoms with Gasteiger partial charge in [-0.05, 0) is 37.1 Å². The molecule has 0 spiro atoms. The molecule has 0 aliphatic carbocycles. The number of nitro groups is 1. The Morgan fingerprint density at radius 1 is 1.24 bits per heavy atom. The third-order valence-corrected chi connectivity index (χ3v) is 2.94. The van der Waals surface area contributed by atoms with Gasteiger partial charge in [0, 0.05) is 17.2 Å². The fourth-order valence-corrected chi connectivity index (χ4v) is 1.77. The largest absolute Gasteiger partial charge is 0.507 e. The van der Waals surface area contributed by atoms with Crippen LogP contribution in [0.1, 0.15) is 43.9 Å².